The zero-order chi connectivity index (χ0) is 24.8. The van der Waals surface area contributed by atoms with E-state index in [1.165, 1.54) is 52.2 Å². The molecule has 2 heterocycles. The number of sulfone groups is 1. The van der Waals surface area contributed by atoms with Gasteiger partial charge >= 0.3 is 6.18 Å². The van der Waals surface area contributed by atoms with E-state index in [-0.39, 0.29) is 47.9 Å². The van der Waals surface area contributed by atoms with Crippen molar-refractivity contribution in [3.8, 4) is 0 Å². The number of nitrogens with one attached hydrogen (secondary N) is 1. The van der Waals surface area contributed by atoms with Gasteiger partial charge in [0.15, 0.2) is 9.84 Å². The van der Waals surface area contributed by atoms with E-state index in [4.69, 9.17) is 0 Å². The Morgan fingerprint density at radius 3 is 2.23 bits per heavy atom. The summed E-state index contributed by atoms with van der Waals surface area (Å²) in [6.45, 7) is 1.93. The van der Waals surface area contributed by atoms with Gasteiger partial charge in [0, 0.05) is 24.2 Å². The number of benzene rings is 2. The van der Waals surface area contributed by atoms with Gasteiger partial charge in [-0.3, -0.25) is 14.3 Å². The first-order valence-corrected chi connectivity index (χ1v) is 11.9. The predicted octanol–water partition coefficient (Wildman–Crippen LogP) is 3.89. The molecule has 0 unspecified atom stereocenters. The monoisotopic (exact) mass is 526 g/mol. The molecule has 0 saturated heterocycles. The van der Waals surface area contributed by atoms with Gasteiger partial charge in [0.1, 0.15) is 5.69 Å². The Kier molecular flexibility index (Phi) is 7.04. The molecule has 4 rings (SSSR count). The fraction of sp³-hybridized carbons (Fsp3) is 0.227. The second-order valence-electron chi connectivity index (χ2n) is 7.91. The first-order valence-electron chi connectivity index (χ1n) is 10.0. The summed E-state index contributed by atoms with van der Waals surface area (Å²) in [5.74, 6) is -1.21. The number of carbonyl (C=O) groups is 2. The highest BCUT2D eigenvalue weighted by Crippen LogP contribution is 2.33. The quantitative estimate of drug-likeness (QED) is 0.556. The average Bonchev–Trinajstić information content (AvgIpc) is 3.22. The van der Waals surface area contributed by atoms with Crippen molar-refractivity contribution in [3.05, 3.63) is 71.5 Å². The normalized spacial score (nSPS) is 15.9. The molecule has 2 amide bonds. The standard InChI is InChI=1S/C22H19F3N4O4S.H2S/c1-13-12-28(16-7-3-14(4-8-16)22(23,24)25)21(31)19-18(11-26-29(13)19)20(30)27-15-5-9-17(10-6-15)34(2,32)33;/h3-11,13H,12H2,1-2H3,(H,27,30);1H2/t13-;/m0./s1. The number of amides is 2. The van der Waals surface area contributed by atoms with Crippen molar-refractivity contribution in [1.82, 2.24) is 9.78 Å². The number of hydrogen-bond donors (Lipinski definition) is 1. The van der Waals surface area contributed by atoms with Gasteiger partial charge in [-0.1, -0.05) is 0 Å². The Morgan fingerprint density at radius 1 is 1.09 bits per heavy atom. The summed E-state index contributed by atoms with van der Waals surface area (Å²) in [4.78, 5) is 27.5. The lowest BCUT2D eigenvalue weighted by Crippen LogP contribution is -2.43. The van der Waals surface area contributed by atoms with E-state index in [1.54, 1.807) is 6.92 Å². The molecule has 1 aliphatic heterocycles. The molecule has 0 saturated carbocycles. The van der Waals surface area contributed by atoms with Gasteiger partial charge < -0.3 is 10.2 Å². The first-order chi connectivity index (χ1) is 15.9. The van der Waals surface area contributed by atoms with Crippen LogP contribution in [0.5, 0.6) is 0 Å². The number of nitrogens with zero attached hydrogens (tertiary/aromatic N) is 3. The van der Waals surface area contributed by atoms with Crippen molar-refractivity contribution in [2.45, 2.75) is 24.0 Å². The van der Waals surface area contributed by atoms with Gasteiger partial charge in [0.05, 0.1) is 28.3 Å². The SMILES string of the molecule is C[C@H]1CN(c2ccc(C(F)(F)F)cc2)C(=O)c2c(C(=O)Nc3ccc(S(C)(=O)=O)cc3)cnn21.S. The summed E-state index contributed by atoms with van der Waals surface area (Å²) in [5.41, 5.74) is -0.265. The molecule has 1 N–H and O–H groups in total. The van der Waals surface area contributed by atoms with E-state index in [1.807, 2.05) is 0 Å². The van der Waals surface area contributed by atoms with Gasteiger partial charge in [-0.25, -0.2) is 8.42 Å². The summed E-state index contributed by atoms with van der Waals surface area (Å²) in [7, 11) is -3.40. The summed E-state index contributed by atoms with van der Waals surface area (Å²) >= 11 is 0. The molecule has 186 valence electrons. The fourth-order valence-electron chi connectivity index (χ4n) is 3.67. The third kappa shape index (κ3) is 5.20. The van der Waals surface area contributed by atoms with E-state index in [2.05, 4.69) is 10.4 Å². The Morgan fingerprint density at radius 2 is 1.69 bits per heavy atom. The predicted molar refractivity (Wildman–Crippen MR) is 128 cm³/mol. The number of hydrogen-bond acceptors (Lipinski definition) is 5. The second kappa shape index (κ2) is 9.38. The van der Waals surface area contributed by atoms with Crippen LogP contribution in [0.1, 0.15) is 39.4 Å². The molecule has 0 aliphatic carbocycles. The highest BCUT2D eigenvalue weighted by molar-refractivity contribution is 7.90. The van der Waals surface area contributed by atoms with Crippen molar-refractivity contribution in [2.75, 3.05) is 23.0 Å². The van der Waals surface area contributed by atoms with Crippen molar-refractivity contribution in [1.29, 1.82) is 0 Å². The first kappa shape index (κ1) is 26.3. The largest absolute Gasteiger partial charge is 0.416 e. The molecule has 0 bridgehead atoms. The Labute approximate surface area is 206 Å². The Hall–Kier alpha value is -3.32. The minimum Gasteiger partial charge on any atom is -0.322 e. The van der Waals surface area contributed by atoms with E-state index in [0.29, 0.717) is 5.69 Å². The fourth-order valence-corrected chi connectivity index (χ4v) is 4.30. The average molecular weight is 527 g/mol. The third-order valence-electron chi connectivity index (χ3n) is 5.40. The Bertz CT molecular complexity index is 1370. The van der Waals surface area contributed by atoms with Gasteiger partial charge in [-0.05, 0) is 55.5 Å². The van der Waals surface area contributed by atoms with Crippen LogP contribution in [0.15, 0.2) is 59.6 Å². The van der Waals surface area contributed by atoms with Crippen LogP contribution in [-0.4, -0.2) is 42.8 Å². The summed E-state index contributed by atoms with van der Waals surface area (Å²) in [6.07, 6.45) is -2.18. The third-order valence-corrected chi connectivity index (χ3v) is 6.53. The number of aromatic nitrogens is 2. The molecule has 1 atom stereocenters. The smallest absolute Gasteiger partial charge is 0.322 e. The number of anilines is 2. The van der Waals surface area contributed by atoms with Crippen molar-refractivity contribution in [3.63, 3.8) is 0 Å². The maximum absolute atomic E-state index is 13.2. The molecule has 2 aromatic carbocycles. The highest BCUT2D eigenvalue weighted by atomic mass is 32.2. The molecule has 8 nitrogen and oxygen atoms in total. The van der Waals surface area contributed by atoms with Crippen molar-refractivity contribution >= 4 is 46.5 Å². The van der Waals surface area contributed by atoms with E-state index in [0.717, 1.165) is 18.4 Å². The minimum atomic E-state index is -4.50. The van der Waals surface area contributed by atoms with Crippen LogP contribution in [0.2, 0.25) is 0 Å². The lowest BCUT2D eigenvalue weighted by atomic mass is 10.1. The molecule has 35 heavy (non-hydrogen) atoms. The minimum absolute atomic E-state index is 0. The zero-order valence-electron chi connectivity index (χ0n) is 18.5. The molecule has 1 aliphatic rings. The summed E-state index contributed by atoms with van der Waals surface area (Å²) in [6, 6.07) is 9.40. The van der Waals surface area contributed by atoms with Crippen LogP contribution in [0.25, 0.3) is 0 Å². The molecule has 3 aromatic rings. The van der Waals surface area contributed by atoms with Crippen LogP contribution >= 0.6 is 13.5 Å². The molecule has 1 aromatic heterocycles. The number of halogens is 3. The van der Waals surface area contributed by atoms with Gasteiger partial charge in [0.2, 0.25) is 0 Å². The molecule has 0 fully saturated rings. The lowest BCUT2D eigenvalue weighted by molar-refractivity contribution is -0.137. The highest BCUT2D eigenvalue weighted by Gasteiger charge is 2.36. The van der Waals surface area contributed by atoms with Crippen LogP contribution in [0.3, 0.4) is 0 Å². The number of carbonyl (C=O) groups excluding carboxylic acids is 2. The van der Waals surface area contributed by atoms with Crippen LogP contribution < -0.4 is 10.2 Å². The zero-order valence-corrected chi connectivity index (χ0v) is 20.3. The number of rotatable bonds is 4. The molecule has 0 radical (unpaired) electrons. The van der Waals surface area contributed by atoms with Gasteiger partial charge in [-0.15, -0.1) is 0 Å². The molecule has 13 heteroatoms. The van der Waals surface area contributed by atoms with Crippen LogP contribution in [-0.2, 0) is 16.0 Å². The van der Waals surface area contributed by atoms with Crippen LogP contribution in [0, 0.1) is 0 Å². The summed E-state index contributed by atoms with van der Waals surface area (Å²) < 4.78 is 63.3. The topological polar surface area (TPSA) is 101 Å². The molecular formula is C22H21F3N4O4S2. The van der Waals surface area contributed by atoms with E-state index < -0.39 is 33.4 Å². The van der Waals surface area contributed by atoms with Crippen molar-refractivity contribution < 1.29 is 31.2 Å². The second-order valence-corrected chi connectivity index (χ2v) is 9.93. The number of alkyl halides is 3. The van der Waals surface area contributed by atoms with E-state index in [9.17, 15) is 31.2 Å². The maximum atomic E-state index is 13.2. The van der Waals surface area contributed by atoms with Crippen molar-refractivity contribution in [2.24, 2.45) is 0 Å². The van der Waals surface area contributed by atoms with E-state index >= 15 is 0 Å². The summed E-state index contributed by atoms with van der Waals surface area (Å²) in [5, 5.41) is 6.76. The molecular weight excluding hydrogens is 505 g/mol. The van der Waals surface area contributed by atoms with Gasteiger partial charge in [0.25, 0.3) is 11.8 Å². The number of fused-ring (bicyclic) bond motifs is 1. The Balaban J connectivity index is 0.00000342. The maximum Gasteiger partial charge on any atom is 0.416 e. The lowest BCUT2D eigenvalue weighted by Gasteiger charge is -2.32. The molecule has 0 spiro atoms. The van der Waals surface area contributed by atoms with Crippen LogP contribution in [0.4, 0.5) is 24.5 Å². The van der Waals surface area contributed by atoms with Gasteiger partial charge in [-0.2, -0.15) is 31.8 Å².